The molecule has 1 aromatic rings. The number of esters is 1. The van der Waals surface area contributed by atoms with Crippen molar-refractivity contribution in [3.05, 3.63) is 40.3 Å². The Morgan fingerprint density at radius 3 is 2.74 bits per heavy atom. The molecule has 0 amide bonds. The second kappa shape index (κ2) is 5.20. The maximum Gasteiger partial charge on any atom is 0.309 e. The molecule has 0 bridgehead atoms. The molecule has 6 heteroatoms. The Bertz CT molecular complexity index is 522. The first-order chi connectivity index (χ1) is 9.17. The molecule has 1 aliphatic rings. The van der Waals surface area contributed by atoms with Crippen LogP contribution >= 0.6 is 0 Å². The van der Waals surface area contributed by atoms with Gasteiger partial charge in [0.25, 0.3) is 0 Å². The van der Waals surface area contributed by atoms with Crippen LogP contribution in [0.2, 0.25) is 0 Å². The van der Waals surface area contributed by atoms with Gasteiger partial charge in [-0.1, -0.05) is 17.2 Å². The summed E-state index contributed by atoms with van der Waals surface area (Å²) in [5, 5.41) is 3.82. The van der Waals surface area contributed by atoms with Crippen LogP contribution in [0.25, 0.3) is 10.4 Å². The Hall–Kier alpha value is -2.20. The van der Waals surface area contributed by atoms with Gasteiger partial charge in [0.05, 0.1) is 25.2 Å². The molecule has 2 atom stereocenters. The molecule has 100 valence electrons. The second-order valence-electron chi connectivity index (χ2n) is 4.35. The van der Waals surface area contributed by atoms with Crippen molar-refractivity contribution < 1.29 is 14.3 Å². The SMILES string of the molecule is CCOC(=O)C1CC1(N=[N+]=[N-])c1ccc(OC)cc1. The molecule has 1 saturated carbocycles. The third-order valence-electron chi connectivity index (χ3n) is 3.32. The van der Waals surface area contributed by atoms with Crippen LogP contribution in [-0.2, 0) is 15.1 Å². The summed E-state index contributed by atoms with van der Waals surface area (Å²) >= 11 is 0. The molecule has 1 aliphatic carbocycles. The molecule has 0 aromatic heterocycles. The van der Waals surface area contributed by atoms with Gasteiger partial charge in [0.1, 0.15) is 5.75 Å². The van der Waals surface area contributed by atoms with E-state index < -0.39 is 11.5 Å². The molecule has 19 heavy (non-hydrogen) atoms. The first-order valence-corrected chi connectivity index (χ1v) is 6.05. The minimum absolute atomic E-state index is 0.314. The predicted molar refractivity (Wildman–Crippen MR) is 68.6 cm³/mol. The van der Waals surface area contributed by atoms with E-state index in [9.17, 15) is 4.79 Å². The Morgan fingerprint density at radius 1 is 1.53 bits per heavy atom. The van der Waals surface area contributed by atoms with Crippen LogP contribution < -0.4 is 4.74 Å². The van der Waals surface area contributed by atoms with Gasteiger partial charge in [0.15, 0.2) is 0 Å². The van der Waals surface area contributed by atoms with E-state index in [4.69, 9.17) is 15.0 Å². The van der Waals surface area contributed by atoms with Crippen molar-refractivity contribution in [2.24, 2.45) is 11.0 Å². The highest BCUT2D eigenvalue weighted by Crippen LogP contribution is 2.56. The van der Waals surface area contributed by atoms with Crippen LogP contribution in [0.3, 0.4) is 0 Å². The molecular formula is C13H15N3O3. The lowest BCUT2D eigenvalue weighted by Gasteiger charge is -2.11. The van der Waals surface area contributed by atoms with Crippen LogP contribution in [0.5, 0.6) is 5.75 Å². The van der Waals surface area contributed by atoms with Gasteiger partial charge >= 0.3 is 5.97 Å². The Morgan fingerprint density at radius 2 is 2.21 bits per heavy atom. The fourth-order valence-corrected chi connectivity index (χ4v) is 2.22. The molecule has 2 rings (SSSR count). The van der Waals surface area contributed by atoms with Crippen LogP contribution in [0, 0.1) is 5.92 Å². The fraction of sp³-hybridized carbons (Fsp3) is 0.462. The number of hydrogen-bond donors (Lipinski definition) is 0. The standard InChI is InChI=1S/C13H15N3O3/c1-3-19-12(17)11-8-13(11,15-16-14)9-4-6-10(18-2)7-5-9/h4-7,11H,3,8H2,1-2H3. The largest absolute Gasteiger partial charge is 0.497 e. The van der Waals surface area contributed by atoms with Gasteiger partial charge in [0.2, 0.25) is 0 Å². The first-order valence-electron chi connectivity index (χ1n) is 6.05. The lowest BCUT2D eigenvalue weighted by atomic mass is 10.0. The topological polar surface area (TPSA) is 84.3 Å². The summed E-state index contributed by atoms with van der Waals surface area (Å²) < 4.78 is 10.1. The molecule has 1 fully saturated rings. The summed E-state index contributed by atoms with van der Waals surface area (Å²) in [4.78, 5) is 14.6. The van der Waals surface area contributed by atoms with E-state index >= 15 is 0 Å². The molecular weight excluding hydrogens is 246 g/mol. The fourth-order valence-electron chi connectivity index (χ4n) is 2.22. The van der Waals surface area contributed by atoms with Gasteiger partial charge in [-0.2, -0.15) is 0 Å². The van der Waals surface area contributed by atoms with E-state index in [1.807, 2.05) is 12.1 Å². The lowest BCUT2D eigenvalue weighted by Crippen LogP contribution is -2.15. The van der Waals surface area contributed by atoms with Gasteiger partial charge in [0, 0.05) is 4.91 Å². The number of azide groups is 1. The highest BCUT2D eigenvalue weighted by molar-refractivity contribution is 5.79. The maximum atomic E-state index is 11.8. The smallest absolute Gasteiger partial charge is 0.309 e. The van der Waals surface area contributed by atoms with E-state index in [0.29, 0.717) is 18.8 Å². The van der Waals surface area contributed by atoms with Crippen LogP contribution in [0.4, 0.5) is 0 Å². The quantitative estimate of drug-likeness (QED) is 0.353. The predicted octanol–water partition coefficient (Wildman–Crippen LogP) is 2.78. The summed E-state index contributed by atoms with van der Waals surface area (Å²) in [5.74, 6) is 0.00985. The first kappa shape index (κ1) is 13.2. The number of benzene rings is 1. The van der Waals surface area contributed by atoms with Crippen LogP contribution in [-0.4, -0.2) is 19.7 Å². The summed E-state index contributed by atoms with van der Waals surface area (Å²) in [5.41, 5.74) is 8.73. The number of ether oxygens (including phenoxy) is 2. The summed E-state index contributed by atoms with van der Waals surface area (Å²) in [7, 11) is 1.58. The van der Waals surface area contributed by atoms with Gasteiger partial charge in [-0.25, -0.2) is 0 Å². The third kappa shape index (κ3) is 2.35. The van der Waals surface area contributed by atoms with Crippen molar-refractivity contribution in [3.63, 3.8) is 0 Å². The van der Waals surface area contributed by atoms with Crippen molar-refractivity contribution >= 4 is 5.97 Å². The lowest BCUT2D eigenvalue weighted by molar-refractivity contribution is -0.145. The molecule has 6 nitrogen and oxygen atoms in total. The van der Waals surface area contributed by atoms with E-state index in [-0.39, 0.29) is 5.97 Å². The summed E-state index contributed by atoms with van der Waals surface area (Å²) in [6.07, 6.45) is 0.488. The molecule has 0 N–H and O–H groups in total. The Kier molecular flexibility index (Phi) is 3.62. The number of rotatable bonds is 5. The van der Waals surface area contributed by atoms with Crippen LogP contribution in [0.15, 0.2) is 29.4 Å². The molecule has 0 heterocycles. The molecule has 0 saturated heterocycles. The highest BCUT2D eigenvalue weighted by atomic mass is 16.5. The molecule has 2 unspecified atom stereocenters. The van der Waals surface area contributed by atoms with Crippen molar-refractivity contribution in [1.29, 1.82) is 0 Å². The number of nitrogens with zero attached hydrogens (tertiary/aromatic N) is 3. The van der Waals surface area contributed by atoms with Crippen molar-refractivity contribution in [3.8, 4) is 5.75 Å². The van der Waals surface area contributed by atoms with Gasteiger partial charge < -0.3 is 9.47 Å². The van der Waals surface area contributed by atoms with E-state index in [0.717, 1.165) is 5.56 Å². The average Bonchev–Trinajstić information content (AvgIpc) is 3.15. The monoisotopic (exact) mass is 261 g/mol. The zero-order chi connectivity index (χ0) is 13.9. The molecule has 1 aromatic carbocycles. The average molecular weight is 261 g/mol. The Labute approximate surface area is 111 Å². The maximum absolute atomic E-state index is 11.8. The molecule has 0 radical (unpaired) electrons. The van der Waals surface area contributed by atoms with Gasteiger partial charge in [-0.3, -0.25) is 4.79 Å². The molecule has 0 spiro atoms. The number of hydrogen-bond acceptors (Lipinski definition) is 4. The zero-order valence-electron chi connectivity index (χ0n) is 10.9. The normalized spacial score (nSPS) is 24.2. The van der Waals surface area contributed by atoms with E-state index in [1.165, 1.54) is 0 Å². The number of methoxy groups -OCH3 is 1. The van der Waals surface area contributed by atoms with Gasteiger partial charge in [-0.05, 0) is 36.6 Å². The minimum Gasteiger partial charge on any atom is -0.497 e. The van der Waals surface area contributed by atoms with Crippen molar-refractivity contribution in [2.75, 3.05) is 13.7 Å². The number of carbonyl (C=O) groups excluding carboxylic acids is 1. The number of carbonyl (C=O) groups is 1. The summed E-state index contributed by atoms with van der Waals surface area (Å²) in [6, 6.07) is 7.19. The summed E-state index contributed by atoms with van der Waals surface area (Å²) in [6.45, 7) is 2.08. The zero-order valence-corrected chi connectivity index (χ0v) is 10.9. The van der Waals surface area contributed by atoms with Crippen molar-refractivity contribution in [1.82, 2.24) is 0 Å². The second-order valence-corrected chi connectivity index (χ2v) is 4.35. The molecule has 0 aliphatic heterocycles. The highest BCUT2D eigenvalue weighted by Gasteiger charge is 2.60. The minimum atomic E-state index is -0.798. The van der Waals surface area contributed by atoms with Gasteiger partial charge in [-0.15, -0.1) is 0 Å². The van der Waals surface area contributed by atoms with E-state index in [2.05, 4.69) is 10.0 Å². The third-order valence-corrected chi connectivity index (χ3v) is 3.32. The van der Waals surface area contributed by atoms with Crippen LogP contribution in [0.1, 0.15) is 18.9 Å². The van der Waals surface area contributed by atoms with Crippen molar-refractivity contribution in [2.45, 2.75) is 18.9 Å². The van der Waals surface area contributed by atoms with E-state index in [1.54, 1.807) is 26.2 Å². The Balaban J connectivity index is 2.27.